The van der Waals surface area contributed by atoms with Crippen LogP contribution in [-0.2, 0) is 31.0 Å². The maximum absolute atomic E-state index is 13.7. The van der Waals surface area contributed by atoms with E-state index in [4.69, 9.17) is 21.1 Å². The Hall–Kier alpha value is -3.42. The number of ether oxygens (including phenoxy) is 2. The summed E-state index contributed by atoms with van der Waals surface area (Å²) in [6.45, 7) is 5.72. The highest BCUT2D eigenvalue weighted by molar-refractivity contribution is 6.30. The number of hydrogen-bond donors (Lipinski definition) is 0. The van der Waals surface area contributed by atoms with E-state index in [1.54, 1.807) is 17.0 Å². The van der Waals surface area contributed by atoms with Gasteiger partial charge in [-0.1, -0.05) is 54.1 Å². The molecule has 1 unspecified atom stereocenters. The number of halogens is 2. The highest BCUT2D eigenvalue weighted by Gasteiger charge is 2.36. The third-order valence-corrected chi connectivity index (χ3v) is 6.72. The van der Waals surface area contributed by atoms with E-state index in [0.29, 0.717) is 36.5 Å². The minimum absolute atomic E-state index is 0.00264. The molecule has 5 rings (SSSR count). The van der Waals surface area contributed by atoms with Gasteiger partial charge in [0.25, 0.3) is 5.91 Å². The molecule has 1 aromatic heterocycles. The van der Waals surface area contributed by atoms with Gasteiger partial charge in [-0.2, -0.15) is 0 Å². The van der Waals surface area contributed by atoms with Crippen LogP contribution in [0, 0.1) is 5.82 Å². The molecule has 0 fully saturated rings. The molecule has 0 spiro atoms. The SMILES string of the molecule is C=CC1COCc2c1c(=O)c(OCc1ccccc1)c1n2CCN(Cc2ccc(F)c(Cl)c2)C1=O. The Balaban J connectivity index is 1.57. The van der Waals surface area contributed by atoms with Crippen LogP contribution >= 0.6 is 11.6 Å². The van der Waals surface area contributed by atoms with Crippen molar-refractivity contribution in [2.75, 3.05) is 13.2 Å². The first-order chi connectivity index (χ1) is 17.0. The fourth-order valence-electron chi connectivity index (χ4n) is 4.66. The van der Waals surface area contributed by atoms with Gasteiger partial charge in [0.15, 0.2) is 11.4 Å². The molecular weight excluding hydrogens is 471 g/mol. The summed E-state index contributed by atoms with van der Waals surface area (Å²) in [6.07, 6.45) is 1.70. The average Bonchev–Trinajstić information content (AvgIpc) is 2.88. The molecule has 0 N–H and O–H groups in total. The molecule has 6 nitrogen and oxygen atoms in total. The first kappa shape index (κ1) is 23.3. The molecule has 0 bridgehead atoms. The molecule has 0 saturated heterocycles. The molecule has 2 aliphatic rings. The molecule has 3 heterocycles. The largest absolute Gasteiger partial charge is 0.483 e. The monoisotopic (exact) mass is 494 g/mol. The molecular formula is C27H24ClFN2O4. The topological polar surface area (TPSA) is 60.8 Å². The summed E-state index contributed by atoms with van der Waals surface area (Å²) in [7, 11) is 0. The van der Waals surface area contributed by atoms with Gasteiger partial charge in [-0.15, -0.1) is 6.58 Å². The summed E-state index contributed by atoms with van der Waals surface area (Å²) in [4.78, 5) is 29.0. The van der Waals surface area contributed by atoms with Crippen molar-refractivity contribution in [1.82, 2.24) is 9.47 Å². The number of carbonyl (C=O) groups is 1. The lowest BCUT2D eigenvalue weighted by atomic mass is 9.94. The molecule has 1 amide bonds. The van der Waals surface area contributed by atoms with Gasteiger partial charge in [0.2, 0.25) is 5.43 Å². The minimum Gasteiger partial charge on any atom is -0.483 e. The second-order valence-corrected chi connectivity index (χ2v) is 9.03. The van der Waals surface area contributed by atoms with E-state index in [1.807, 2.05) is 34.9 Å². The minimum atomic E-state index is -0.516. The van der Waals surface area contributed by atoms with Gasteiger partial charge in [-0.05, 0) is 23.3 Å². The molecule has 2 aromatic carbocycles. The number of aromatic nitrogens is 1. The molecule has 0 aliphatic carbocycles. The quantitative estimate of drug-likeness (QED) is 0.467. The van der Waals surface area contributed by atoms with Crippen LogP contribution in [0.2, 0.25) is 5.02 Å². The third kappa shape index (κ3) is 4.37. The van der Waals surface area contributed by atoms with E-state index >= 15 is 0 Å². The lowest BCUT2D eigenvalue weighted by Gasteiger charge is -2.35. The zero-order chi connectivity index (χ0) is 24.5. The van der Waals surface area contributed by atoms with Crippen molar-refractivity contribution >= 4 is 17.5 Å². The summed E-state index contributed by atoms with van der Waals surface area (Å²) in [6, 6.07) is 13.9. The first-order valence-electron chi connectivity index (χ1n) is 11.4. The van der Waals surface area contributed by atoms with Gasteiger partial charge in [0, 0.05) is 31.1 Å². The lowest BCUT2D eigenvalue weighted by molar-refractivity contribution is 0.0646. The molecule has 0 radical (unpaired) electrons. The fraction of sp³-hybridized carbons (Fsp3) is 0.259. The van der Waals surface area contributed by atoms with E-state index in [-0.39, 0.29) is 53.5 Å². The standard InChI is InChI=1S/C27H24ClFN2O4/c1-2-19-15-34-16-22-23(19)25(32)26(35-14-17-6-4-3-5-7-17)24-27(33)30(10-11-31(22)24)13-18-8-9-21(29)20(28)12-18/h2-9,12,19H,1,10-11,13-16H2. The van der Waals surface area contributed by atoms with Crippen LogP contribution in [0.3, 0.4) is 0 Å². The maximum Gasteiger partial charge on any atom is 0.274 e. The molecule has 1 atom stereocenters. The van der Waals surface area contributed by atoms with Crippen LogP contribution in [0.4, 0.5) is 4.39 Å². The Morgan fingerprint density at radius 2 is 1.94 bits per heavy atom. The van der Waals surface area contributed by atoms with E-state index in [0.717, 1.165) is 5.56 Å². The van der Waals surface area contributed by atoms with E-state index in [2.05, 4.69) is 6.58 Å². The van der Waals surface area contributed by atoms with Crippen LogP contribution in [0.25, 0.3) is 0 Å². The van der Waals surface area contributed by atoms with Crippen LogP contribution in [0.5, 0.6) is 5.75 Å². The number of amides is 1. The molecule has 8 heteroatoms. The van der Waals surface area contributed by atoms with Crippen LogP contribution in [-0.4, -0.2) is 28.5 Å². The number of fused-ring (bicyclic) bond motifs is 3. The number of pyridine rings is 1. The van der Waals surface area contributed by atoms with Crippen molar-refractivity contribution in [3.05, 3.63) is 110 Å². The Labute approximate surface area is 207 Å². The van der Waals surface area contributed by atoms with Gasteiger partial charge >= 0.3 is 0 Å². The molecule has 180 valence electrons. The van der Waals surface area contributed by atoms with Crippen molar-refractivity contribution in [3.8, 4) is 5.75 Å². The van der Waals surface area contributed by atoms with E-state index < -0.39 is 5.82 Å². The molecule has 3 aromatic rings. The third-order valence-electron chi connectivity index (χ3n) is 6.43. The number of benzene rings is 2. The van der Waals surface area contributed by atoms with Gasteiger partial charge in [0.05, 0.1) is 23.9 Å². The van der Waals surface area contributed by atoms with Gasteiger partial charge in [-0.25, -0.2) is 4.39 Å². The van der Waals surface area contributed by atoms with E-state index in [9.17, 15) is 14.0 Å². The number of hydrogen-bond acceptors (Lipinski definition) is 4. The van der Waals surface area contributed by atoms with Crippen molar-refractivity contribution in [1.29, 1.82) is 0 Å². The number of rotatable bonds is 6. The van der Waals surface area contributed by atoms with Crippen LogP contribution < -0.4 is 10.2 Å². The maximum atomic E-state index is 13.7. The van der Waals surface area contributed by atoms with Crippen molar-refractivity contribution in [2.24, 2.45) is 0 Å². The first-order valence-corrected chi connectivity index (χ1v) is 11.8. The second-order valence-electron chi connectivity index (χ2n) is 8.63. The van der Waals surface area contributed by atoms with Crippen molar-refractivity contribution in [2.45, 2.75) is 32.2 Å². The summed E-state index contributed by atoms with van der Waals surface area (Å²) >= 11 is 5.94. The average molecular weight is 495 g/mol. The Morgan fingerprint density at radius 1 is 1.14 bits per heavy atom. The second kappa shape index (κ2) is 9.68. The van der Waals surface area contributed by atoms with Crippen molar-refractivity contribution in [3.63, 3.8) is 0 Å². The van der Waals surface area contributed by atoms with Gasteiger partial charge < -0.3 is 18.9 Å². The smallest absolute Gasteiger partial charge is 0.274 e. The normalized spacial score (nSPS) is 17.0. The molecule has 35 heavy (non-hydrogen) atoms. The Kier molecular flexibility index (Phi) is 6.45. The Morgan fingerprint density at radius 3 is 2.69 bits per heavy atom. The highest BCUT2D eigenvalue weighted by atomic mass is 35.5. The predicted octanol–water partition coefficient (Wildman–Crippen LogP) is 4.68. The predicted molar refractivity (Wildman–Crippen MR) is 130 cm³/mol. The van der Waals surface area contributed by atoms with Gasteiger partial charge in [-0.3, -0.25) is 9.59 Å². The van der Waals surface area contributed by atoms with Crippen LogP contribution in [0.15, 0.2) is 66.0 Å². The van der Waals surface area contributed by atoms with Crippen LogP contribution in [0.1, 0.15) is 38.8 Å². The summed E-state index contributed by atoms with van der Waals surface area (Å²) in [5, 5.41) is -0.00264. The Bertz CT molecular complexity index is 1360. The highest BCUT2D eigenvalue weighted by Crippen LogP contribution is 2.32. The fourth-order valence-corrected chi connectivity index (χ4v) is 4.86. The zero-order valence-electron chi connectivity index (χ0n) is 19.0. The zero-order valence-corrected chi connectivity index (χ0v) is 19.8. The number of carbonyl (C=O) groups excluding carboxylic acids is 1. The summed E-state index contributed by atoms with van der Waals surface area (Å²) in [5.41, 5.74) is 2.73. The number of nitrogens with zero attached hydrogens (tertiary/aromatic N) is 2. The lowest BCUT2D eigenvalue weighted by Crippen LogP contribution is -2.44. The molecule has 0 saturated carbocycles. The summed E-state index contributed by atoms with van der Waals surface area (Å²) < 4.78 is 27.2. The molecule has 2 aliphatic heterocycles. The van der Waals surface area contributed by atoms with Crippen molar-refractivity contribution < 1.29 is 18.7 Å². The van der Waals surface area contributed by atoms with Gasteiger partial charge in [0.1, 0.15) is 12.4 Å². The van der Waals surface area contributed by atoms with E-state index in [1.165, 1.54) is 12.1 Å². The summed E-state index contributed by atoms with van der Waals surface area (Å²) in [5.74, 6) is -1.09.